The second-order valence-electron chi connectivity index (χ2n) is 6.19. The molecule has 0 fully saturated rings. The molecule has 0 aromatic heterocycles. The Hall–Kier alpha value is -1.75. The van der Waals surface area contributed by atoms with Gasteiger partial charge in [0.2, 0.25) is 5.91 Å². The van der Waals surface area contributed by atoms with Gasteiger partial charge in [-0.1, -0.05) is 41.4 Å². The number of aliphatic hydroxyl groups excluding tert-OH is 1. The molecule has 26 heavy (non-hydrogen) atoms. The normalized spacial score (nSPS) is 11.9. The van der Waals surface area contributed by atoms with Gasteiger partial charge in [0, 0.05) is 26.6 Å². The molecule has 0 heterocycles. The summed E-state index contributed by atoms with van der Waals surface area (Å²) in [5.74, 6) is 0.643. The van der Waals surface area contributed by atoms with Gasteiger partial charge in [-0.05, 0) is 47.7 Å². The number of amides is 1. The number of hydrogen-bond acceptors (Lipinski definition) is 3. The van der Waals surface area contributed by atoms with Gasteiger partial charge in [0.25, 0.3) is 0 Å². The zero-order chi connectivity index (χ0) is 19.1. The number of carbonyl (C=O) groups excluding carboxylic acids is 1. The molecule has 0 bridgehead atoms. The number of aliphatic hydroxyl groups is 1. The maximum Gasteiger partial charge on any atom is 0.223 e. The van der Waals surface area contributed by atoms with E-state index >= 15 is 0 Å². The molecule has 2 aromatic carbocycles. The van der Waals surface area contributed by atoms with E-state index in [9.17, 15) is 9.90 Å². The molecule has 0 aliphatic rings. The highest BCUT2D eigenvalue weighted by molar-refractivity contribution is 6.42. The first-order chi connectivity index (χ1) is 12.4. The van der Waals surface area contributed by atoms with Gasteiger partial charge in [-0.3, -0.25) is 4.79 Å². The van der Waals surface area contributed by atoms with Crippen LogP contribution in [-0.2, 0) is 11.3 Å². The molecule has 140 valence electrons. The van der Waals surface area contributed by atoms with Crippen LogP contribution in [-0.4, -0.2) is 36.7 Å². The molecular formula is C20H23Cl2NO3. The second kappa shape index (κ2) is 9.81. The fourth-order valence-electron chi connectivity index (χ4n) is 2.81. The zero-order valence-electron chi connectivity index (χ0n) is 14.9. The van der Waals surface area contributed by atoms with Crippen LogP contribution >= 0.6 is 23.2 Å². The molecule has 0 radical (unpaired) electrons. The molecule has 0 spiro atoms. The highest BCUT2D eigenvalue weighted by atomic mass is 35.5. The molecule has 4 nitrogen and oxygen atoms in total. The molecule has 0 saturated carbocycles. The summed E-state index contributed by atoms with van der Waals surface area (Å²) in [6, 6.07) is 13.0. The molecule has 1 unspecified atom stereocenters. The van der Waals surface area contributed by atoms with Crippen LogP contribution in [0, 0.1) is 0 Å². The Bertz CT molecular complexity index is 752. The second-order valence-corrected chi connectivity index (χ2v) is 7.00. The van der Waals surface area contributed by atoms with E-state index in [1.165, 1.54) is 0 Å². The summed E-state index contributed by atoms with van der Waals surface area (Å²) in [7, 11) is 3.39. The van der Waals surface area contributed by atoms with Crippen molar-refractivity contribution >= 4 is 29.1 Å². The van der Waals surface area contributed by atoms with Crippen LogP contribution in [0.25, 0.3) is 0 Å². The number of carbonyl (C=O) groups is 1. The molecule has 1 N–H and O–H groups in total. The first-order valence-electron chi connectivity index (χ1n) is 8.37. The third-order valence-electron chi connectivity index (χ3n) is 4.29. The summed E-state index contributed by atoms with van der Waals surface area (Å²) in [6.07, 6.45) is 0.774. The minimum Gasteiger partial charge on any atom is -0.497 e. The number of ether oxygens (including phenoxy) is 1. The number of methoxy groups -OCH3 is 1. The van der Waals surface area contributed by atoms with Gasteiger partial charge in [0.1, 0.15) is 5.75 Å². The van der Waals surface area contributed by atoms with E-state index in [2.05, 4.69) is 0 Å². The lowest BCUT2D eigenvalue weighted by Crippen LogP contribution is -2.27. The van der Waals surface area contributed by atoms with Crippen molar-refractivity contribution in [2.45, 2.75) is 25.3 Å². The maximum absolute atomic E-state index is 12.7. The average molecular weight is 396 g/mol. The topological polar surface area (TPSA) is 49.8 Å². The molecular weight excluding hydrogens is 373 g/mol. The Labute approximate surface area is 164 Å². The van der Waals surface area contributed by atoms with E-state index in [0.717, 1.165) is 16.9 Å². The van der Waals surface area contributed by atoms with E-state index in [0.29, 0.717) is 29.4 Å². The fraction of sp³-hybridized carbons (Fsp3) is 0.350. The molecule has 1 atom stereocenters. The van der Waals surface area contributed by atoms with Crippen LogP contribution < -0.4 is 4.74 Å². The van der Waals surface area contributed by atoms with Crippen LogP contribution in [0.3, 0.4) is 0 Å². The van der Waals surface area contributed by atoms with Crippen molar-refractivity contribution in [1.29, 1.82) is 0 Å². The summed E-state index contributed by atoms with van der Waals surface area (Å²) < 4.78 is 5.22. The third kappa shape index (κ3) is 5.63. The molecule has 1 amide bonds. The Kier molecular flexibility index (Phi) is 7.76. The standard InChI is InChI=1S/C20H23Cl2NO3/c1-23(13-14-4-3-5-17(10-14)26-2)20(25)12-16(8-9-24)15-6-7-18(21)19(22)11-15/h3-7,10-11,16,24H,8-9,12-13H2,1-2H3. The van der Waals surface area contributed by atoms with Crippen molar-refractivity contribution in [2.75, 3.05) is 20.8 Å². The minimum absolute atomic E-state index is 0.00219. The molecule has 2 aromatic rings. The maximum atomic E-state index is 12.7. The van der Waals surface area contributed by atoms with E-state index in [1.54, 1.807) is 31.2 Å². The zero-order valence-corrected chi connectivity index (χ0v) is 16.4. The van der Waals surface area contributed by atoms with Gasteiger partial charge in [-0.25, -0.2) is 0 Å². The Morgan fingerprint density at radius 2 is 1.96 bits per heavy atom. The van der Waals surface area contributed by atoms with E-state index in [1.807, 2.05) is 30.3 Å². The highest BCUT2D eigenvalue weighted by Crippen LogP contribution is 2.30. The van der Waals surface area contributed by atoms with Crippen molar-refractivity contribution in [3.63, 3.8) is 0 Å². The number of hydrogen-bond donors (Lipinski definition) is 1. The summed E-state index contributed by atoms with van der Waals surface area (Å²) in [4.78, 5) is 14.3. The van der Waals surface area contributed by atoms with Crippen molar-refractivity contribution in [1.82, 2.24) is 4.90 Å². The smallest absolute Gasteiger partial charge is 0.223 e. The lowest BCUT2D eigenvalue weighted by molar-refractivity contribution is -0.130. The molecule has 0 aliphatic carbocycles. The lowest BCUT2D eigenvalue weighted by Gasteiger charge is -2.22. The minimum atomic E-state index is -0.116. The van der Waals surface area contributed by atoms with Crippen LogP contribution in [0.15, 0.2) is 42.5 Å². The van der Waals surface area contributed by atoms with Gasteiger partial charge < -0.3 is 14.7 Å². The van der Waals surface area contributed by atoms with Gasteiger partial charge in [0.05, 0.1) is 17.2 Å². The van der Waals surface area contributed by atoms with Crippen molar-refractivity contribution < 1.29 is 14.6 Å². The summed E-state index contributed by atoms with van der Waals surface area (Å²) >= 11 is 12.1. The molecule has 0 saturated heterocycles. The van der Waals surface area contributed by atoms with Gasteiger partial charge >= 0.3 is 0 Å². The van der Waals surface area contributed by atoms with Crippen LogP contribution in [0.5, 0.6) is 5.75 Å². The Morgan fingerprint density at radius 1 is 1.19 bits per heavy atom. The summed E-state index contributed by atoms with van der Waals surface area (Å²) in [5.41, 5.74) is 1.89. The molecule has 2 rings (SSSR count). The van der Waals surface area contributed by atoms with Gasteiger partial charge in [0.15, 0.2) is 0 Å². The number of benzene rings is 2. The number of rotatable bonds is 8. The monoisotopic (exact) mass is 395 g/mol. The van der Waals surface area contributed by atoms with Crippen molar-refractivity contribution in [3.8, 4) is 5.75 Å². The molecule has 6 heteroatoms. The van der Waals surface area contributed by atoms with Crippen molar-refractivity contribution in [3.05, 3.63) is 63.6 Å². The first kappa shape index (κ1) is 20.6. The van der Waals surface area contributed by atoms with E-state index < -0.39 is 0 Å². The first-order valence-corrected chi connectivity index (χ1v) is 9.13. The SMILES string of the molecule is COc1cccc(CN(C)C(=O)CC(CCO)c2ccc(Cl)c(Cl)c2)c1. The average Bonchev–Trinajstić information content (AvgIpc) is 2.63. The largest absolute Gasteiger partial charge is 0.497 e. The highest BCUT2D eigenvalue weighted by Gasteiger charge is 2.19. The number of nitrogens with zero attached hydrogens (tertiary/aromatic N) is 1. The summed E-state index contributed by atoms with van der Waals surface area (Å²) in [6.45, 7) is 0.487. The van der Waals surface area contributed by atoms with Crippen LogP contribution in [0.1, 0.15) is 29.9 Å². The predicted octanol–water partition coefficient (Wildman–Crippen LogP) is 4.52. The Balaban J connectivity index is 2.06. The van der Waals surface area contributed by atoms with Gasteiger partial charge in [-0.15, -0.1) is 0 Å². The summed E-state index contributed by atoms with van der Waals surface area (Å²) in [5, 5.41) is 10.3. The predicted molar refractivity (Wildman–Crippen MR) is 105 cm³/mol. The van der Waals surface area contributed by atoms with E-state index in [-0.39, 0.29) is 18.4 Å². The van der Waals surface area contributed by atoms with Crippen molar-refractivity contribution in [2.24, 2.45) is 0 Å². The lowest BCUT2D eigenvalue weighted by atomic mass is 9.92. The third-order valence-corrected chi connectivity index (χ3v) is 5.03. The quantitative estimate of drug-likeness (QED) is 0.714. The Morgan fingerprint density at radius 3 is 2.62 bits per heavy atom. The fourth-order valence-corrected chi connectivity index (χ4v) is 3.11. The van der Waals surface area contributed by atoms with Crippen LogP contribution in [0.2, 0.25) is 10.0 Å². The number of halogens is 2. The van der Waals surface area contributed by atoms with Gasteiger partial charge in [-0.2, -0.15) is 0 Å². The molecule has 0 aliphatic heterocycles. The van der Waals surface area contributed by atoms with E-state index in [4.69, 9.17) is 27.9 Å². The van der Waals surface area contributed by atoms with Crippen LogP contribution in [0.4, 0.5) is 0 Å².